The number of phenolic OH excluding ortho intramolecular Hbond substituents is 1. The lowest BCUT2D eigenvalue weighted by Crippen LogP contribution is -2.32. The normalized spacial score (nSPS) is 12.8. The molecule has 3 aliphatic rings. The maximum absolute atomic E-state index is 13.9. The van der Waals surface area contributed by atoms with E-state index >= 15 is 0 Å². The number of ether oxygens (including phenoxy) is 7. The van der Waals surface area contributed by atoms with Gasteiger partial charge in [0.15, 0.2) is 28.6 Å². The Hall–Kier alpha value is -11.4. The van der Waals surface area contributed by atoms with E-state index in [1.165, 1.54) is 73.1 Å². The smallest absolute Gasteiger partial charge is 0.266 e. The average Bonchev–Trinajstić information content (AvgIpc) is 1.52. The summed E-state index contributed by atoms with van der Waals surface area (Å²) in [6, 6.07) is 50.2. The number of para-hydroxylation sites is 6. The number of aromatic hydroxyl groups is 1. The number of fused-ring (bicyclic) bond motifs is 3. The van der Waals surface area contributed by atoms with Crippen molar-refractivity contribution in [3.05, 3.63) is 222 Å². The number of thiazole rings is 3. The highest BCUT2D eigenvalue weighted by atomic mass is 79.9. The van der Waals surface area contributed by atoms with Gasteiger partial charge < -0.3 is 70.2 Å². The number of rotatable bonds is 25. The molecule has 0 spiro atoms. The summed E-state index contributed by atoms with van der Waals surface area (Å²) in [6.07, 6.45) is 4.67. The molecule has 0 fully saturated rings. The number of benzene rings is 8. The number of hydrogen-bond donors (Lipinski definition) is 5. The number of hydrogen-bond acceptors (Lipinski definition) is 26. The highest BCUT2D eigenvalue weighted by molar-refractivity contribution is 9.09. The molecule has 3 amide bonds. The van der Waals surface area contributed by atoms with Crippen LogP contribution >= 0.6 is 49.9 Å². The first-order valence-electron chi connectivity index (χ1n) is 32.8. The summed E-state index contributed by atoms with van der Waals surface area (Å²) in [5.41, 5.74) is 20.7. The molecule has 0 saturated carbocycles. The monoisotopic (exact) mass is 1660 g/mol. The number of amides is 3. The molecule has 109 heavy (non-hydrogen) atoms. The Kier molecular flexibility index (Phi) is 26.0. The van der Waals surface area contributed by atoms with E-state index in [1.807, 2.05) is 75.4 Å². The van der Waals surface area contributed by atoms with Gasteiger partial charge >= 0.3 is 0 Å². The lowest BCUT2D eigenvalue weighted by molar-refractivity contribution is -0.120. The number of primary amides is 3. The van der Waals surface area contributed by atoms with Crippen LogP contribution in [0.1, 0.15) is 11.1 Å². The van der Waals surface area contributed by atoms with E-state index in [9.17, 15) is 44.7 Å². The van der Waals surface area contributed by atoms with Crippen molar-refractivity contribution in [1.29, 1.82) is 0 Å². The van der Waals surface area contributed by atoms with E-state index in [0.29, 0.717) is 118 Å². The third-order valence-electron chi connectivity index (χ3n) is 16.1. The largest absolute Gasteiger partial charge is 0.506 e. The summed E-state index contributed by atoms with van der Waals surface area (Å²) in [7, 11) is -8.61. The topological polar surface area (TPSA) is 383 Å². The summed E-state index contributed by atoms with van der Waals surface area (Å²) in [4.78, 5) is 50.4. The van der Waals surface area contributed by atoms with Crippen LogP contribution in [0.4, 0.5) is 49.5 Å². The first-order valence-corrected chi connectivity index (χ1v) is 41.0. The van der Waals surface area contributed by atoms with Crippen molar-refractivity contribution in [2.24, 2.45) is 17.2 Å². The number of nitrogens with one attached hydrogen (secondary N) is 1. The average molecular weight is 1660 g/mol. The van der Waals surface area contributed by atoms with Crippen LogP contribution in [0.2, 0.25) is 0 Å². The van der Waals surface area contributed by atoms with Gasteiger partial charge in [-0.05, 0) is 108 Å². The zero-order valence-corrected chi connectivity index (χ0v) is 64.6. The lowest BCUT2D eigenvalue weighted by atomic mass is 10.2. The standard InChI is InChI=1S/C27H26N4O6S2.C25H23N3O5S2.C19H18N4O5S2.C2H4BrNO/c1-35-20-8-6-19(7-9-20)17-31(27-29-12-15-38-27)39(33,34)21-10-11-23-25(16-21)36-14-13-30(23)22-4-2-3-5-24(22)37-18-26(28)32;1-32-19-8-6-18(7-9-19)17-28(25-26-12-15-34-25)35(30,31)20-10-11-22-24(16-20)33-14-13-27(22)21-4-2-3-5-23(21)29;20-18(24)12-28-16-4-2-1-3-14(16)23-8-9-27-17-11-13(5-6-15(17)23)30(25,26)22-19-21-7-10-29-19;3-1-2(4)5/h2-12,15-16H,13-14,17-18H2,1H3,(H2,28,32);2-12,15-16,29H,13-14,17H2,1H3;1-7,10-11H,8-9,12H2,(H2,20,24)(H,21,22);1H2,(H2,4,5). The van der Waals surface area contributed by atoms with Gasteiger partial charge in [-0.15, -0.1) is 34.0 Å². The van der Waals surface area contributed by atoms with Crippen molar-refractivity contribution in [1.82, 2.24) is 15.0 Å². The van der Waals surface area contributed by atoms with Gasteiger partial charge in [0, 0.05) is 52.9 Å². The number of carbonyl (C=O) groups excluding carboxylic acids is 3. The molecule has 11 aromatic rings. The van der Waals surface area contributed by atoms with Gasteiger partial charge in [-0.3, -0.25) is 19.1 Å². The molecule has 0 unspecified atom stereocenters. The van der Waals surface area contributed by atoms with Crippen LogP contribution in [-0.2, 0) is 57.5 Å². The molecule has 0 saturated heterocycles. The summed E-state index contributed by atoms with van der Waals surface area (Å²) in [5.74, 6) is 2.28. The summed E-state index contributed by atoms with van der Waals surface area (Å²) in [5, 5.41) is 16.8. The Morgan fingerprint density at radius 1 is 0.495 bits per heavy atom. The van der Waals surface area contributed by atoms with Crippen molar-refractivity contribution in [3.8, 4) is 46.0 Å². The Balaban J connectivity index is 0.000000158. The fraction of sp³-hybridized carbons (Fsp3) is 0.178. The number of nitrogens with two attached hydrogens (primary N) is 3. The predicted octanol–water partition coefficient (Wildman–Crippen LogP) is 10.9. The first kappa shape index (κ1) is 78.7. The summed E-state index contributed by atoms with van der Waals surface area (Å²) in [6.45, 7) is 2.28. The third kappa shape index (κ3) is 19.5. The fourth-order valence-corrected chi connectivity index (χ4v) is 17.5. The molecule has 8 N–H and O–H groups in total. The molecule has 0 bridgehead atoms. The first-order chi connectivity index (χ1) is 52.5. The molecule has 0 radical (unpaired) electrons. The molecule has 0 aliphatic carbocycles. The summed E-state index contributed by atoms with van der Waals surface area (Å²) < 4.78 is 125. The minimum absolute atomic E-state index is 0.0663. The Morgan fingerprint density at radius 2 is 0.872 bits per heavy atom. The van der Waals surface area contributed by atoms with E-state index in [4.69, 9.17) is 44.6 Å². The van der Waals surface area contributed by atoms with Gasteiger partial charge in [0.2, 0.25) is 5.91 Å². The van der Waals surface area contributed by atoms with Crippen LogP contribution in [0.5, 0.6) is 46.0 Å². The molecule has 8 aromatic carbocycles. The number of alkyl halides is 1. The van der Waals surface area contributed by atoms with E-state index in [-0.39, 0.29) is 63.1 Å². The van der Waals surface area contributed by atoms with Gasteiger partial charge in [-0.25, -0.2) is 48.8 Å². The van der Waals surface area contributed by atoms with Gasteiger partial charge in [0.1, 0.15) is 65.8 Å². The van der Waals surface area contributed by atoms with E-state index in [0.717, 1.165) is 16.8 Å². The van der Waals surface area contributed by atoms with Crippen LogP contribution in [0, 0.1) is 0 Å². The zero-order valence-electron chi connectivity index (χ0n) is 58.1. The molecule has 29 nitrogen and oxygen atoms in total. The molecule has 6 heterocycles. The van der Waals surface area contributed by atoms with Crippen molar-refractivity contribution in [2.75, 3.05) is 100 Å². The summed E-state index contributed by atoms with van der Waals surface area (Å²) >= 11 is 6.52. The van der Waals surface area contributed by atoms with Crippen LogP contribution in [-0.4, -0.2) is 135 Å². The number of sulfonamides is 3. The van der Waals surface area contributed by atoms with Crippen molar-refractivity contribution in [2.45, 2.75) is 27.8 Å². The second kappa shape index (κ2) is 36.0. The number of anilines is 9. The highest BCUT2D eigenvalue weighted by Gasteiger charge is 2.34. The fourth-order valence-electron chi connectivity index (χ4n) is 11.1. The molecule has 36 heteroatoms. The number of phenols is 1. The molecular weight excluding hydrogens is 1590 g/mol. The lowest BCUT2D eigenvalue weighted by Gasteiger charge is -2.32. The highest BCUT2D eigenvalue weighted by Crippen LogP contribution is 2.46. The minimum atomic E-state index is -4.00. The van der Waals surface area contributed by atoms with E-state index in [2.05, 4.69) is 41.3 Å². The SMILES string of the molecule is COc1ccc(CN(c2nccs2)S(=O)(=O)c2ccc3c(c2)OCCN3c2ccccc2O)cc1.COc1ccc(CN(c2nccs2)S(=O)(=O)c2ccc3c(c2)OCCN3c2ccccc2OCC(N)=O)cc1.NC(=O)CBr.NC(=O)COc1ccccc1N1CCOc2cc(S(=O)(=O)Nc3nccs3)ccc21. The number of aromatic nitrogens is 3. The Bertz CT molecular complexity index is 5310. The molecular formula is C73H71BrN12O17S6. The number of nitrogens with zero attached hydrogens (tertiary/aromatic N) is 8. The van der Waals surface area contributed by atoms with Crippen molar-refractivity contribution < 1.29 is 77.9 Å². The molecule has 3 aromatic heterocycles. The predicted molar refractivity (Wildman–Crippen MR) is 420 cm³/mol. The number of halogens is 1. The quantitative estimate of drug-likeness (QED) is 0.0332. The van der Waals surface area contributed by atoms with Crippen LogP contribution in [0.3, 0.4) is 0 Å². The van der Waals surface area contributed by atoms with Crippen molar-refractivity contribution >= 4 is 147 Å². The van der Waals surface area contributed by atoms with Gasteiger partial charge in [-0.2, -0.15) is 0 Å². The Morgan fingerprint density at radius 3 is 1.25 bits per heavy atom. The second-order valence-electron chi connectivity index (χ2n) is 23.2. The maximum atomic E-state index is 13.9. The van der Waals surface area contributed by atoms with Gasteiger partial charge in [0.05, 0.1) is 101 Å². The van der Waals surface area contributed by atoms with Gasteiger partial charge in [0.25, 0.3) is 41.9 Å². The third-order valence-corrected chi connectivity index (χ3v) is 24.1. The van der Waals surface area contributed by atoms with Crippen LogP contribution in [0.25, 0.3) is 0 Å². The van der Waals surface area contributed by atoms with Crippen molar-refractivity contribution in [3.63, 3.8) is 0 Å². The minimum Gasteiger partial charge on any atom is -0.506 e. The Labute approximate surface area is 648 Å². The number of carbonyl (C=O) groups is 3. The second-order valence-corrected chi connectivity index (χ2v) is 31.8. The maximum Gasteiger partial charge on any atom is 0.266 e. The number of methoxy groups -OCH3 is 2. The van der Waals surface area contributed by atoms with Gasteiger partial charge in [-0.1, -0.05) is 76.6 Å². The van der Waals surface area contributed by atoms with Crippen LogP contribution in [0.15, 0.2) is 225 Å². The zero-order chi connectivity index (χ0) is 77.2. The molecule has 568 valence electrons. The van der Waals surface area contributed by atoms with E-state index in [1.54, 1.807) is 134 Å². The molecule has 3 aliphatic heterocycles. The van der Waals surface area contributed by atoms with E-state index < -0.39 is 41.9 Å². The molecule has 0 atom stereocenters. The molecule has 14 rings (SSSR count). The van der Waals surface area contributed by atoms with Crippen LogP contribution < -0.4 is 78.4 Å².